The van der Waals surface area contributed by atoms with Crippen molar-refractivity contribution in [1.82, 2.24) is 0 Å². The minimum atomic E-state index is -0.956. The Morgan fingerprint density at radius 1 is 1.05 bits per heavy atom. The molecule has 2 aromatic carbocycles. The van der Waals surface area contributed by atoms with Gasteiger partial charge in [0.1, 0.15) is 23.7 Å². The van der Waals surface area contributed by atoms with Crippen LogP contribution in [0.3, 0.4) is 0 Å². The zero-order chi connectivity index (χ0) is 14.9. The Bertz CT molecular complexity index is 662. The van der Waals surface area contributed by atoms with Crippen LogP contribution in [0.25, 0.3) is 0 Å². The second-order valence-corrected chi connectivity index (χ2v) is 5.32. The Morgan fingerprint density at radius 3 is 2.57 bits per heavy atom. The number of benzene rings is 2. The zero-order valence-electron chi connectivity index (χ0n) is 12.0. The molecule has 0 aliphatic carbocycles. The van der Waals surface area contributed by atoms with Crippen LogP contribution < -0.4 is 9.47 Å². The van der Waals surface area contributed by atoms with Gasteiger partial charge in [-0.3, -0.25) is 0 Å². The first kappa shape index (κ1) is 13.5. The lowest BCUT2D eigenvalue weighted by Gasteiger charge is -2.31. The number of rotatable bonds is 3. The van der Waals surface area contributed by atoms with Gasteiger partial charge in [-0.1, -0.05) is 30.3 Å². The Labute approximate surface area is 123 Å². The number of fused-ring (bicyclic) bond motifs is 1. The summed E-state index contributed by atoms with van der Waals surface area (Å²) in [5.41, 5.74) is 1.50. The molecule has 4 nitrogen and oxygen atoms in total. The van der Waals surface area contributed by atoms with Crippen LogP contribution in [0.5, 0.6) is 11.5 Å². The number of ether oxygens (including phenoxy) is 3. The van der Waals surface area contributed by atoms with E-state index in [1.165, 1.54) is 0 Å². The first-order valence-corrected chi connectivity index (χ1v) is 6.77. The molecule has 0 unspecified atom stereocenters. The molecule has 4 heteroatoms. The molecule has 0 atom stereocenters. The number of esters is 1. The van der Waals surface area contributed by atoms with Gasteiger partial charge in [-0.2, -0.15) is 0 Å². The lowest BCUT2D eigenvalue weighted by Crippen LogP contribution is -2.38. The summed E-state index contributed by atoms with van der Waals surface area (Å²) in [7, 11) is 0. The maximum absolute atomic E-state index is 11.8. The molecule has 2 aromatic rings. The van der Waals surface area contributed by atoms with Crippen LogP contribution in [-0.4, -0.2) is 11.8 Å². The summed E-state index contributed by atoms with van der Waals surface area (Å²) in [6, 6.07) is 15.0. The van der Waals surface area contributed by atoms with Crippen molar-refractivity contribution in [2.24, 2.45) is 0 Å². The van der Waals surface area contributed by atoms with Crippen molar-refractivity contribution < 1.29 is 19.0 Å². The summed E-state index contributed by atoms with van der Waals surface area (Å²) in [6.07, 6.45) is 0. The topological polar surface area (TPSA) is 44.8 Å². The number of carbonyl (C=O) groups is 1. The van der Waals surface area contributed by atoms with Gasteiger partial charge in [0.2, 0.25) is 5.79 Å². The van der Waals surface area contributed by atoms with E-state index in [0.717, 1.165) is 5.56 Å². The molecule has 0 spiro atoms. The van der Waals surface area contributed by atoms with Gasteiger partial charge in [0.15, 0.2) is 0 Å². The van der Waals surface area contributed by atoms with Gasteiger partial charge in [-0.05, 0) is 17.7 Å². The molecule has 0 fully saturated rings. The van der Waals surface area contributed by atoms with E-state index in [9.17, 15) is 4.79 Å². The minimum absolute atomic E-state index is 0.379. The lowest BCUT2D eigenvalue weighted by molar-refractivity contribution is -0.127. The van der Waals surface area contributed by atoms with Crippen molar-refractivity contribution in [2.45, 2.75) is 26.2 Å². The van der Waals surface area contributed by atoms with Crippen molar-refractivity contribution in [3.8, 4) is 11.5 Å². The quantitative estimate of drug-likeness (QED) is 0.808. The van der Waals surface area contributed by atoms with Crippen LogP contribution in [0.15, 0.2) is 48.5 Å². The highest BCUT2D eigenvalue weighted by atomic mass is 16.7. The van der Waals surface area contributed by atoms with E-state index >= 15 is 0 Å². The SMILES string of the molecule is CC1(C)OC(=O)c2ccc(OCc3ccccc3)cc2O1. The summed E-state index contributed by atoms with van der Waals surface area (Å²) >= 11 is 0. The fraction of sp³-hybridized carbons (Fsp3) is 0.235. The molecule has 108 valence electrons. The summed E-state index contributed by atoms with van der Waals surface area (Å²) in [4.78, 5) is 11.8. The van der Waals surface area contributed by atoms with Crippen LogP contribution in [0.2, 0.25) is 0 Å². The molecule has 0 amide bonds. The molecule has 0 saturated carbocycles. The van der Waals surface area contributed by atoms with E-state index < -0.39 is 5.79 Å². The van der Waals surface area contributed by atoms with E-state index in [2.05, 4.69) is 0 Å². The number of cyclic esters (lactones) is 1. The van der Waals surface area contributed by atoms with Crippen molar-refractivity contribution in [2.75, 3.05) is 0 Å². The molecule has 1 aliphatic heterocycles. The van der Waals surface area contributed by atoms with Crippen LogP contribution >= 0.6 is 0 Å². The average molecular weight is 284 g/mol. The van der Waals surface area contributed by atoms with Gasteiger partial charge in [-0.25, -0.2) is 4.79 Å². The third-order valence-electron chi connectivity index (χ3n) is 3.12. The molecular formula is C17H16O4. The summed E-state index contributed by atoms with van der Waals surface area (Å²) < 4.78 is 16.6. The lowest BCUT2D eigenvalue weighted by atomic mass is 10.1. The Balaban J connectivity index is 1.78. The predicted octanol–water partition coefficient (Wildman–Crippen LogP) is 3.55. The van der Waals surface area contributed by atoms with E-state index in [4.69, 9.17) is 14.2 Å². The van der Waals surface area contributed by atoms with E-state index in [1.807, 2.05) is 30.3 Å². The highest BCUT2D eigenvalue weighted by Crippen LogP contribution is 2.34. The van der Waals surface area contributed by atoms with Crippen LogP contribution in [0, 0.1) is 0 Å². The molecule has 1 aliphatic rings. The molecular weight excluding hydrogens is 268 g/mol. The van der Waals surface area contributed by atoms with Gasteiger partial charge < -0.3 is 14.2 Å². The smallest absolute Gasteiger partial charge is 0.345 e. The molecule has 21 heavy (non-hydrogen) atoms. The highest BCUT2D eigenvalue weighted by molar-refractivity contribution is 5.93. The molecule has 1 heterocycles. The zero-order valence-corrected chi connectivity index (χ0v) is 12.0. The molecule has 0 N–H and O–H groups in total. The van der Waals surface area contributed by atoms with Crippen LogP contribution in [0.4, 0.5) is 0 Å². The molecule has 0 aromatic heterocycles. The van der Waals surface area contributed by atoms with Gasteiger partial charge >= 0.3 is 5.97 Å². The maximum atomic E-state index is 11.8. The Morgan fingerprint density at radius 2 is 1.81 bits per heavy atom. The minimum Gasteiger partial charge on any atom is -0.489 e. The average Bonchev–Trinajstić information content (AvgIpc) is 2.44. The van der Waals surface area contributed by atoms with Crippen LogP contribution in [-0.2, 0) is 11.3 Å². The largest absolute Gasteiger partial charge is 0.489 e. The van der Waals surface area contributed by atoms with Crippen molar-refractivity contribution >= 4 is 5.97 Å². The highest BCUT2D eigenvalue weighted by Gasteiger charge is 2.33. The molecule has 0 saturated heterocycles. The number of hydrogen-bond acceptors (Lipinski definition) is 4. The first-order chi connectivity index (χ1) is 10.0. The van der Waals surface area contributed by atoms with E-state index in [1.54, 1.807) is 32.0 Å². The number of carbonyl (C=O) groups excluding carboxylic acids is 1. The van der Waals surface area contributed by atoms with E-state index in [-0.39, 0.29) is 5.97 Å². The molecule has 0 bridgehead atoms. The standard InChI is InChI=1S/C17H16O4/c1-17(2)20-15-10-13(8-9-14(15)16(18)21-17)19-11-12-6-4-3-5-7-12/h3-10H,11H2,1-2H3. The summed E-state index contributed by atoms with van der Waals surface area (Å²) in [6.45, 7) is 3.87. The maximum Gasteiger partial charge on any atom is 0.345 e. The monoisotopic (exact) mass is 284 g/mol. The van der Waals surface area contributed by atoms with Crippen molar-refractivity contribution in [1.29, 1.82) is 0 Å². The molecule has 3 rings (SSSR count). The summed E-state index contributed by atoms with van der Waals surface area (Å²) in [5.74, 6) is -0.192. The van der Waals surface area contributed by atoms with Gasteiger partial charge in [0.05, 0.1) is 0 Å². The van der Waals surface area contributed by atoms with Crippen molar-refractivity contribution in [3.05, 3.63) is 59.7 Å². The third-order valence-corrected chi connectivity index (χ3v) is 3.12. The normalized spacial score (nSPS) is 15.6. The second-order valence-electron chi connectivity index (χ2n) is 5.32. The second kappa shape index (κ2) is 5.13. The van der Waals surface area contributed by atoms with Crippen molar-refractivity contribution in [3.63, 3.8) is 0 Å². The Hall–Kier alpha value is -2.49. The third kappa shape index (κ3) is 2.99. The first-order valence-electron chi connectivity index (χ1n) is 6.77. The summed E-state index contributed by atoms with van der Waals surface area (Å²) in [5, 5.41) is 0. The van der Waals surface area contributed by atoms with E-state index in [0.29, 0.717) is 23.7 Å². The Kier molecular flexibility index (Phi) is 3.29. The fourth-order valence-corrected chi connectivity index (χ4v) is 2.15. The van der Waals surface area contributed by atoms with Gasteiger partial charge in [0, 0.05) is 19.9 Å². The fourth-order valence-electron chi connectivity index (χ4n) is 2.15. The predicted molar refractivity (Wildman–Crippen MR) is 77.3 cm³/mol. The number of hydrogen-bond donors (Lipinski definition) is 0. The van der Waals surface area contributed by atoms with Gasteiger partial charge in [-0.15, -0.1) is 0 Å². The van der Waals surface area contributed by atoms with Crippen LogP contribution in [0.1, 0.15) is 29.8 Å². The molecule has 0 radical (unpaired) electrons. The van der Waals surface area contributed by atoms with Gasteiger partial charge in [0.25, 0.3) is 0 Å².